The zero-order valence-electron chi connectivity index (χ0n) is 9.96. The van der Waals surface area contributed by atoms with E-state index in [1.54, 1.807) is 7.11 Å². The highest BCUT2D eigenvalue weighted by Gasteiger charge is 2.13. The first kappa shape index (κ1) is 13.6. The van der Waals surface area contributed by atoms with E-state index < -0.39 is 0 Å². The second-order valence-corrected chi connectivity index (χ2v) is 5.43. The minimum Gasteiger partial charge on any atom is -0.397 e. The molecule has 0 aliphatic rings. The van der Waals surface area contributed by atoms with Gasteiger partial charge < -0.3 is 15.8 Å². The Morgan fingerprint density at radius 2 is 2.12 bits per heavy atom. The molecule has 0 fully saturated rings. The Labute approximate surface area is 111 Å². The summed E-state index contributed by atoms with van der Waals surface area (Å²) in [6.07, 6.45) is 0. The second kappa shape index (κ2) is 6.30. The van der Waals surface area contributed by atoms with Gasteiger partial charge in [0.1, 0.15) is 0 Å². The maximum Gasteiger partial charge on any atom is 0.0666 e. The lowest BCUT2D eigenvalue weighted by atomic mass is 10.0. The van der Waals surface area contributed by atoms with E-state index in [9.17, 15) is 0 Å². The van der Waals surface area contributed by atoms with Crippen LogP contribution in [0.2, 0.25) is 0 Å². The molecule has 0 heterocycles. The van der Waals surface area contributed by atoms with Gasteiger partial charge in [0.2, 0.25) is 0 Å². The van der Waals surface area contributed by atoms with Crippen molar-refractivity contribution in [3.05, 3.63) is 21.8 Å². The molecule has 0 spiro atoms. The molecule has 1 rings (SSSR count). The van der Waals surface area contributed by atoms with Crippen molar-refractivity contribution in [2.45, 2.75) is 19.9 Å². The van der Waals surface area contributed by atoms with Gasteiger partial charge in [0.15, 0.2) is 0 Å². The van der Waals surface area contributed by atoms with E-state index in [4.69, 9.17) is 10.5 Å². The van der Waals surface area contributed by atoms with Gasteiger partial charge in [0.05, 0.1) is 24.0 Å². The first-order valence-corrected chi connectivity index (χ1v) is 6.43. The fourth-order valence-corrected chi connectivity index (χ4v) is 1.96. The molecule has 3 nitrogen and oxygen atoms in total. The molecule has 0 aliphatic carbocycles. The molecular formula is C12H19IN2O. The highest BCUT2D eigenvalue weighted by atomic mass is 127. The number of rotatable bonds is 5. The van der Waals surface area contributed by atoms with Crippen LogP contribution >= 0.6 is 22.6 Å². The van der Waals surface area contributed by atoms with Crippen molar-refractivity contribution in [3.8, 4) is 0 Å². The van der Waals surface area contributed by atoms with Gasteiger partial charge in [-0.15, -0.1) is 0 Å². The Morgan fingerprint density at radius 1 is 1.44 bits per heavy atom. The van der Waals surface area contributed by atoms with Crippen molar-refractivity contribution in [3.63, 3.8) is 0 Å². The fraction of sp³-hybridized carbons (Fsp3) is 0.500. The fourth-order valence-electron chi connectivity index (χ4n) is 1.45. The van der Waals surface area contributed by atoms with Crippen LogP contribution < -0.4 is 11.1 Å². The zero-order valence-corrected chi connectivity index (χ0v) is 12.1. The monoisotopic (exact) mass is 334 g/mol. The van der Waals surface area contributed by atoms with Gasteiger partial charge in [-0.25, -0.2) is 0 Å². The summed E-state index contributed by atoms with van der Waals surface area (Å²) in [5.74, 6) is 0.499. The molecule has 1 unspecified atom stereocenters. The summed E-state index contributed by atoms with van der Waals surface area (Å²) < 4.78 is 6.34. The lowest BCUT2D eigenvalue weighted by molar-refractivity contribution is 0.171. The third kappa shape index (κ3) is 3.83. The number of anilines is 2. The number of benzene rings is 1. The Hall–Kier alpha value is -0.490. The molecule has 90 valence electrons. The van der Waals surface area contributed by atoms with E-state index in [-0.39, 0.29) is 6.04 Å². The summed E-state index contributed by atoms with van der Waals surface area (Å²) in [5.41, 5.74) is 7.73. The summed E-state index contributed by atoms with van der Waals surface area (Å²) in [4.78, 5) is 0. The Kier molecular flexibility index (Phi) is 5.34. The van der Waals surface area contributed by atoms with Crippen molar-refractivity contribution in [1.82, 2.24) is 0 Å². The van der Waals surface area contributed by atoms with Crippen LogP contribution in [0.15, 0.2) is 18.2 Å². The van der Waals surface area contributed by atoms with Crippen LogP contribution in [0.3, 0.4) is 0 Å². The van der Waals surface area contributed by atoms with Gasteiger partial charge in [-0.2, -0.15) is 0 Å². The summed E-state index contributed by atoms with van der Waals surface area (Å²) in [7, 11) is 1.72. The van der Waals surface area contributed by atoms with Crippen molar-refractivity contribution in [1.29, 1.82) is 0 Å². The average molecular weight is 334 g/mol. The smallest absolute Gasteiger partial charge is 0.0666 e. The lowest BCUT2D eigenvalue weighted by Crippen LogP contribution is -2.30. The number of ether oxygens (including phenoxy) is 1. The molecule has 4 heteroatoms. The average Bonchev–Trinajstić information content (AvgIpc) is 2.20. The summed E-state index contributed by atoms with van der Waals surface area (Å²) in [6, 6.07) is 6.31. The first-order valence-electron chi connectivity index (χ1n) is 5.35. The van der Waals surface area contributed by atoms with Gasteiger partial charge in [-0.1, -0.05) is 13.8 Å². The van der Waals surface area contributed by atoms with Crippen molar-refractivity contribution < 1.29 is 4.74 Å². The van der Waals surface area contributed by atoms with Gasteiger partial charge >= 0.3 is 0 Å². The van der Waals surface area contributed by atoms with Crippen LogP contribution in [0.5, 0.6) is 0 Å². The zero-order chi connectivity index (χ0) is 12.1. The number of nitrogens with two attached hydrogens (primary N) is 1. The molecule has 1 atom stereocenters. The largest absolute Gasteiger partial charge is 0.397 e. The van der Waals surface area contributed by atoms with Crippen molar-refractivity contribution in [2.75, 3.05) is 24.8 Å². The second-order valence-electron chi connectivity index (χ2n) is 4.18. The number of nitrogen functional groups attached to an aromatic ring is 1. The molecule has 0 amide bonds. The van der Waals surface area contributed by atoms with Gasteiger partial charge in [0.25, 0.3) is 0 Å². The van der Waals surface area contributed by atoms with E-state index in [1.165, 1.54) is 0 Å². The summed E-state index contributed by atoms with van der Waals surface area (Å²) in [5, 5.41) is 3.42. The molecule has 3 N–H and O–H groups in total. The quantitative estimate of drug-likeness (QED) is 0.643. The number of halogens is 1. The van der Waals surface area contributed by atoms with Crippen molar-refractivity contribution >= 4 is 34.0 Å². The summed E-state index contributed by atoms with van der Waals surface area (Å²) in [6.45, 7) is 5.02. The van der Waals surface area contributed by atoms with E-state index in [2.05, 4.69) is 41.8 Å². The normalized spacial score (nSPS) is 12.8. The first-order chi connectivity index (χ1) is 7.54. The molecule has 0 saturated heterocycles. The highest BCUT2D eigenvalue weighted by molar-refractivity contribution is 14.1. The highest BCUT2D eigenvalue weighted by Crippen LogP contribution is 2.23. The van der Waals surface area contributed by atoms with E-state index in [0.717, 1.165) is 14.9 Å². The molecule has 1 aromatic rings. The van der Waals surface area contributed by atoms with E-state index >= 15 is 0 Å². The third-order valence-corrected chi connectivity index (χ3v) is 3.18. The number of hydrogen-bond acceptors (Lipinski definition) is 3. The SMILES string of the molecule is COCC(Nc1ccc(I)cc1N)C(C)C. The van der Waals surface area contributed by atoms with Crippen LogP contribution in [-0.2, 0) is 4.74 Å². The molecule has 1 aromatic carbocycles. The van der Waals surface area contributed by atoms with Gasteiger partial charge in [0, 0.05) is 10.7 Å². The minimum atomic E-state index is 0.285. The molecule has 0 saturated carbocycles. The molecule has 0 aromatic heterocycles. The topological polar surface area (TPSA) is 47.3 Å². The molecule has 16 heavy (non-hydrogen) atoms. The van der Waals surface area contributed by atoms with Gasteiger partial charge in [-0.05, 0) is 46.7 Å². The Balaban J connectivity index is 2.77. The van der Waals surface area contributed by atoms with Crippen LogP contribution in [0.25, 0.3) is 0 Å². The van der Waals surface area contributed by atoms with Crippen LogP contribution in [0.1, 0.15) is 13.8 Å². The number of nitrogens with one attached hydrogen (secondary N) is 1. The predicted octanol–water partition coefficient (Wildman–Crippen LogP) is 2.96. The molecular weight excluding hydrogens is 315 g/mol. The molecule has 0 bridgehead atoms. The van der Waals surface area contributed by atoms with Crippen LogP contribution in [0.4, 0.5) is 11.4 Å². The number of hydrogen-bond donors (Lipinski definition) is 2. The van der Waals surface area contributed by atoms with Crippen LogP contribution in [0, 0.1) is 9.49 Å². The number of methoxy groups -OCH3 is 1. The van der Waals surface area contributed by atoms with Crippen LogP contribution in [-0.4, -0.2) is 19.8 Å². The summed E-state index contributed by atoms with van der Waals surface area (Å²) >= 11 is 2.25. The van der Waals surface area contributed by atoms with Crippen molar-refractivity contribution in [2.24, 2.45) is 5.92 Å². The minimum absolute atomic E-state index is 0.285. The lowest BCUT2D eigenvalue weighted by Gasteiger charge is -2.23. The van der Waals surface area contributed by atoms with E-state index in [0.29, 0.717) is 12.5 Å². The molecule has 0 radical (unpaired) electrons. The predicted molar refractivity (Wildman–Crippen MR) is 77.7 cm³/mol. The maximum atomic E-state index is 5.96. The van der Waals surface area contributed by atoms with E-state index in [1.807, 2.05) is 18.2 Å². The maximum absolute atomic E-state index is 5.96. The Morgan fingerprint density at radius 3 is 2.62 bits per heavy atom. The Bertz CT molecular complexity index is 342. The molecule has 0 aliphatic heterocycles. The van der Waals surface area contributed by atoms with Gasteiger partial charge in [-0.3, -0.25) is 0 Å². The standard InChI is InChI=1S/C12H19IN2O/c1-8(2)12(7-16-3)15-11-5-4-9(13)6-10(11)14/h4-6,8,12,15H,7,14H2,1-3H3. The third-order valence-electron chi connectivity index (χ3n) is 2.51.